The fourth-order valence-electron chi connectivity index (χ4n) is 3.34. The molecule has 0 unspecified atom stereocenters. The average Bonchev–Trinajstić information content (AvgIpc) is 2.81. The van der Waals surface area contributed by atoms with Gasteiger partial charge in [-0.05, 0) is 35.9 Å². The highest BCUT2D eigenvalue weighted by atomic mass is 19.1. The topological polar surface area (TPSA) is 51.7 Å². The maximum Gasteiger partial charge on any atom is 0.256 e. The van der Waals surface area contributed by atoms with Gasteiger partial charge in [-0.1, -0.05) is 32.0 Å². The number of hydrogen-bond donors (Lipinski definition) is 0. The van der Waals surface area contributed by atoms with Crippen molar-refractivity contribution in [2.75, 3.05) is 13.7 Å². The third-order valence-corrected chi connectivity index (χ3v) is 4.90. The van der Waals surface area contributed by atoms with E-state index in [9.17, 15) is 9.18 Å². The number of fused-ring (bicyclic) bond motifs is 1. The fraction of sp³-hybridized carbons (Fsp3) is 0.280. The molecule has 0 fully saturated rings. The third-order valence-electron chi connectivity index (χ3n) is 4.90. The van der Waals surface area contributed by atoms with Crippen LogP contribution in [-0.4, -0.2) is 29.4 Å². The zero-order valence-corrected chi connectivity index (χ0v) is 18.1. The quantitative estimate of drug-likeness (QED) is 0.559. The first-order valence-electron chi connectivity index (χ1n) is 10.4. The lowest BCUT2D eigenvalue weighted by atomic mass is 10.0. The number of ether oxygens (including phenoxy) is 2. The third kappa shape index (κ3) is 5.60. The van der Waals surface area contributed by atoms with Crippen molar-refractivity contribution in [2.45, 2.75) is 33.4 Å². The van der Waals surface area contributed by atoms with Crippen LogP contribution in [0.2, 0.25) is 0 Å². The van der Waals surface area contributed by atoms with E-state index in [0.29, 0.717) is 30.8 Å². The van der Waals surface area contributed by atoms with Crippen LogP contribution in [0.5, 0.6) is 11.5 Å². The van der Waals surface area contributed by atoms with E-state index in [-0.39, 0.29) is 18.3 Å². The molecule has 2 aromatic carbocycles. The molecule has 162 valence electrons. The van der Waals surface area contributed by atoms with Crippen molar-refractivity contribution >= 4 is 5.91 Å². The summed E-state index contributed by atoms with van der Waals surface area (Å²) < 4.78 is 24.1. The number of carbonyl (C=O) groups excluding carboxylic acids is 1. The molecule has 0 aliphatic carbocycles. The van der Waals surface area contributed by atoms with Crippen LogP contribution in [0, 0.1) is 5.82 Å². The predicted molar refractivity (Wildman–Crippen MR) is 118 cm³/mol. The highest BCUT2D eigenvalue weighted by Crippen LogP contribution is 2.22. The second-order valence-corrected chi connectivity index (χ2v) is 6.91. The van der Waals surface area contributed by atoms with E-state index >= 15 is 0 Å². The molecule has 5 nitrogen and oxygen atoms in total. The highest BCUT2D eigenvalue weighted by molar-refractivity contribution is 5.96. The number of halogens is 1. The lowest BCUT2D eigenvalue weighted by Gasteiger charge is -2.28. The molecule has 0 radical (unpaired) electrons. The summed E-state index contributed by atoms with van der Waals surface area (Å²) in [5, 5.41) is 0. The van der Waals surface area contributed by atoms with Gasteiger partial charge in [-0.3, -0.25) is 9.78 Å². The van der Waals surface area contributed by atoms with E-state index in [1.165, 1.54) is 12.1 Å². The van der Waals surface area contributed by atoms with Crippen LogP contribution in [0.3, 0.4) is 0 Å². The lowest BCUT2D eigenvalue weighted by molar-refractivity contribution is 0.0725. The molecule has 2 heterocycles. The summed E-state index contributed by atoms with van der Waals surface area (Å²) in [7, 11) is 1.63. The van der Waals surface area contributed by atoms with Crippen LogP contribution in [0.4, 0.5) is 4.39 Å². The van der Waals surface area contributed by atoms with Crippen LogP contribution in [-0.2, 0) is 19.6 Å². The Labute approximate surface area is 182 Å². The summed E-state index contributed by atoms with van der Waals surface area (Å²) in [6.45, 7) is 5.38. The van der Waals surface area contributed by atoms with Crippen molar-refractivity contribution in [2.24, 2.45) is 0 Å². The van der Waals surface area contributed by atoms with Gasteiger partial charge in [0, 0.05) is 37.3 Å². The molecule has 31 heavy (non-hydrogen) atoms. The normalized spacial score (nSPS) is 12.5. The Hall–Kier alpha value is -3.41. The molecule has 3 aromatic rings. The molecule has 1 aliphatic heterocycles. The van der Waals surface area contributed by atoms with Gasteiger partial charge < -0.3 is 14.4 Å². The zero-order chi connectivity index (χ0) is 22.2. The maximum atomic E-state index is 13.3. The Balaban J connectivity index is 0.00000132. The Morgan fingerprint density at radius 3 is 2.52 bits per heavy atom. The molecular formula is C25H27FN2O3. The smallest absolute Gasteiger partial charge is 0.256 e. The molecule has 0 saturated heterocycles. The molecule has 6 heteroatoms. The van der Waals surface area contributed by atoms with Crippen LogP contribution in [0.25, 0.3) is 0 Å². The SMILES string of the molecule is CC.COc1ccc(CN2CCc3ncc(COc4cccc(F)c4)cc3C2=O)cc1. The fourth-order valence-corrected chi connectivity index (χ4v) is 3.34. The summed E-state index contributed by atoms with van der Waals surface area (Å²) in [6.07, 6.45) is 2.42. The molecule has 0 saturated carbocycles. The predicted octanol–water partition coefficient (Wildman–Crippen LogP) is 5.03. The van der Waals surface area contributed by atoms with Gasteiger partial charge in [-0.2, -0.15) is 0 Å². The van der Waals surface area contributed by atoms with Gasteiger partial charge in [0.25, 0.3) is 5.91 Å². The van der Waals surface area contributed by atoms with Gasteiger partial charge in [-0.25, -0.2) is 4.39 Å². The molecule has 0 atom stereocenters. The molecular weight excluding hydrogens is 395 g/mol. The zero-order valence-electron chi connectivity index (χ0n) is 18.1. The number of nitrogens with zero attached hydrogens (tertiary/aromatic N) is 2. The van der Waals surface area contributed by atoms with Crippen molar-refractivity contribution < 1.29 is 18.7 Å². The lowest BCUT2D eigenvalue weighted by Crippen LogP contribution is -2.37. The van der Waals surface area contributed by atoms with E-state index in [4.69, 9.17) is 9.47 Å². The Kier molecular flexibility index (Phi) is 7.60. The highest BCUT2D eigenvalue weighted by Gasteiger charge is 2.25. The standard InChI is InChI=1S/C23H21FN2O3.C2H6/c1-28-19-7-5-16(6-8-19)14-26-10-9-22-21(23(26)27)11-17(13-25-22)15-29-20-4-2-3-18(24)12-20;1-2/h2-8,11-13H,9-10,14-15H2,1H3;1-2H3. The summed E-state index contributed by atoms with van der Waals surface area (Å²) in [5.41, 5.74) is 3.22. The van der Waals surface area contributed by atoms with E-state index in [1.54, 1.807) is 25.4 Å². The van der Waals surface area contributed by atoms with Gasteiger partial charge in [0.1, 0.15) is 23.9 Å². The van der Waals surface area contributed by atoms with Crippen molar-refractivity contribution in [1.82, 2.24) is 9.88 Å². The van der Waals surface area contributed by atoms with Crippen molar-refractivity contribution in [3.05, 3.63) is 89.0 Å². The summed E-state index contributed by atoms with van der Waals surface area (Å²) in [6, 6.07) is 15.5. The van der Waals surface area contributed by atoms with E-state index in [1.807, 2.05) is 49.1 Å². The van der Waals surface area contributed by atoms with Gasteiger partial charge in [0.15, 0.2) is 0 Å². The summed E-state index contributed by atoms with van der Waals surface area (Å²) >= 11 is 0. The van der Waals surface area contributed by atoms with Gasteiger partial charge >= 0.3 is 0 Å². The first-order valence-corrected chi connectivity index (χ1v) is 10.4. The van der Waals surface area contributed by atoms with Crippen LogP contribution < -0.4 is 9.47 Å². The van der Waals surface area contributed by atoms with Crippen molar-refractivity contribution in [3.8, 4) is 11.5 Å². The number of rotatable bonds is 6. The average molecular weight is 423 g/mol. The number of amides is 1. The van der Waals surface area contributed by atoms with Gasteiger partial charge in [0.2, 0.25) is 0 Å². The van der Waals surface area contributed by atoms with Crippen LogP contribution in [0.15, 0.2) is 60.8 Å². The molecule has 1 aliphatic rings. The molecule has 1 aromatic heterocycles. The minimum absolute atomic E-state index is 0.0397. The van der Waals surface area contributed by atoms with Crippen LogP contribution >= 0.6 is 0 Å². The number of aromatic nitrogens is 1. The second-order valence-electron chi connectivity index (χ2n) is 6.91. The van der Waals surface area contributed by atoms with Gasteiger partial charge in [0.05, 0.1) is 18.4 Å². The minimum Gasteiger partial charge on any atom is -0.497 e. The van der Waals surface area contributed by atoms with E-state index in [0.717, 1.165) is 22.6 Å². The molecule has 1 amide bonds. The van der Waals surface area contributed by atoms with Gasteiger partial charge in [-0.15, -0.1) is 0 Å². The first-order chi connectivity index (χ1) is 15.1. The Morgan fingerprint density at radius 2 is 1.81 bits per heavy atom. The summed E-state index contributed by atoms with van der Waals surface area (Å²) in [5.74, 6) is 0.837. The molecule has 0 N–H and O–H groups in total. The van der Waals surface area contributed by atoms with Crippen molar-refractivity contribution in [3.63, 3.8) is 0 Å². The minimum atomic E-state index is -0.351. The van der Waals surface area contributed by atoms with E-state index in [2.05, 4.69) is 4.98 Å². The van der Waals surface area contributed by atoms with Crippen LogP contribution in [0.1, 0.15) is 41.0 Å². The Bertz CT molecular complexity index is 1020. The number of hydrogen-bond acceptors (Lipinski definition) is 4. The Morgan fingerprint density at radius 1 is 1.03 bits per heavy atom. The monoisotopic (exact) mass is 422 g/mol. The largest absolute Gasteiger partial charge is 0.497 e. The molecule has 0 bridgehead atoms. The number of benzene rings is 2. The van der Waals surface area contributed by atoms with E-state index < -0.39 is 0 Å². The maximum absolute atomic E-state index is 13.3. The number of pyridine rings is 1. The summed E-state index contributed by atoms with van der Waals surface area (Å²) in [4.78, 5) is 19.3. The second kappa shape index (κ2) is 10.6. The number of methoxy groups -OCH3 is 1. The molecule has 0 spiro atoms. The first kappa shape index (κ1) is 22.3. The van der Waals surface area contributed by atoms with Crippen molar-refractivity contribution in [1.29, 1.82) is 0 Å². The number of carbonyl (C=O) groups is 1. The molecule has 4 rings (SSSR count).